The Bertz CT molecular complexity index is 273. The molecule has 0 aromatic heterocycles. The minimum absolute atomic E-state index is 0.0363. The summed E-state index contributed by atoms with van der Waals surface area (Å²) in [6, 6.07) is 0.137. The lowest BCUT2D eigenvalue weighted by Gasteiger charge is -2.27. The molecule has 1 rings (SSSR count). The Morgan fingerprint density at radius 1 is 1.35 bits per heavy atom. The third kappa shape index (κ3) is 4.34. The molecule has 1 amide bonds. The molecule has 1 fully saturated rings. The zero-order valence-electron chi connectivity index (χ0n) is 10.3. The van der Waals surface area contributed by atoms with E-state index in [1.165, 1.54) is 0 Å². The second kappa shape index (κ2) is 6.59. The van der Waals surface area contributed by atoms with Crippen LogP contribution in [0.3, 0.4) is 0 Å². The number of nitrogens with two attached hydrogens (primary N) is 1. The van der Waals surface area contributed by atoms with Crippen LogP contribution in [-0.2, 0) is 9.59 Å². The third-order valence-electron chi connectivity index (χ3n) is 3.47. The number of amides is 1. The molecule has 1 atom stereocenters. The zero-order chi connectivity index (χ0) is 12.8. The summed E-state index contributed by atoms with van der Waals surface area (Å²) in [5.74, 6) is -0.970. The van der Waals surface area contributed by atoms with Crippen molar-refractivity contribution >= 4 is 11.9 Å². The Labute approximate surface area is 102 Å². The first-order valence-corrected chi connectivity index (χ1v) is 6.27. The van der Waals surface area contributed by atoms with Gasteiger partial charge in [0.15, 0.2) is 0 Å². The number of nitrogens with one attached hydrogen (secondary N) is 1. The van der Waals surface area contributed by atoms with Gasteiger partial charge in [-0.15, -0.1) is 0 Å². The van der Waals surface area contributed by atoms with Gasteiger partial charge in [-0.3, -0.25) is 9.59 Å². The van der Waals surface area contributed by atoms with Gasteiger partial charge in [0.1, 0.15) is 0 Å². The maximum Gasteiger partial charge on any atom is 0.306 e. The van der Waals surface area contributed by atoms with Crippen LogP contribution in [-0.4, -0.2) is 29.6 Å². The molecule has 0 aromatic carbocycles. The van der Waals surface area contributed by atoms with Crippen LogP contribution < -0.4 is 11.1 Å². The second-order valence-electron chi connectivity index (χ2n) is 4.87. The molecule has 17 heavy (non-hydrogen) atoms. The summed E-state index contributed by atoms with van der Waals surface area (Å²) in [4.78, 5) is 22.5. The number of carbonyl (C=O) groups is 2. The zero-order valence-corrected chi connectivity index (χ0v) is 10.3. The molecular weight excluding hydrogens is 220 g/mol. The minimum Gasteiger partial charge on any atom is -0.481 e. The summed E-state index contributed by atoms with van der Waals surface area (Å²) in [7, 11) is 0. The van der Waals surface area contributed by atoms with Gasteiger partial charge in [-0.05, 0) is 38.6 Å². The van der Waals surface area contributed by atoms with Crippen LogP contribution >= 0.6 is 0 Å². The fraction of sp³-hybridized carbons (Fsp3) is 0.833. The van der Waals surface area contributed by atoms with Crippen molar-refractivity contribution in [2.24, 2.45) is 17.6 Å². The van der Waals surface area contributed by atoms with Crippen LogP contribution in [0, 0.1) is 11.8 Å². The Morgan fingerprint density at radius 2 is 1.94 bits per heavy atom. The molecular formula is C12H22N2O3. The van der Waals surface area contributed by atoms with Gasteiger partial charge in [0.2, 0.25) is 5.91 Å². The first kappa shape index (κ1) is 14.0. The number of rotatable bonds is 5. The van der Waals surface area contributed by atoms with Gasteiger partial charge in [-0.2, -0.15) is 0 Å². The van der Waals surface area contributed by atoms with Gasteiger partial charge in [0, 0.05) is 12.0 Å². The highest BCUT2D eigenvalue weighted by molar-refractivity contribution is 5.78. The number of aliphatic carboxylic acids is 1. The van der Waals surface area contributed by atoms with E-state index >= 15 is 0 Å². The highest BCUT2D eigenvalue weighted by Gasteiger charge is 2.27. The summed E-state index contributed by atoms with van der Waals surface area (Å²) in [6.07, 6.45) is 3.53. The van der Waals surface area contributed by atoms with Gasteiger partial charge in [-0.1, -0.05) is 6.92 Å². The normalized spacial score (nSPS) is 26.2. The number of carboxylic acid groups (broad SMARTS) is 1. The van der Waals surface area contributed by atoms with E-state index < -0.39 is 5.97 Å². The van der Waals surface area contributed by atoms with Gasteiger partial charge < -0.3 is 16.2 Å². The monoisotopic (exact) mass is 242 g/mol. The number of hydrogen-bond donors (Lipinski definition) is 3. The fourth-order valence-electron chi connectivity index (χ4n) is 2.21. The first-order valence-electron chi connectivity index (χ1n) is 6.27. The van der Waals surface area contributed by atoms with Crippen molar-refractivity contribution in [3.8, 4) is 0 Å². The highest BCUT2D eigenvalue weighted by atomic mass is 16.4. The van der Waals surface area contributed by atoms with Crippen LogP contribution in [0.4, 0.5) is 0 Å². The molecule has 0 heterocycles. The lowest BCUT2D eigenvalue weighted by atomic mass is 9.86. The van der Waals surface area contributed by atoms with E-state index in [9.17, 15) is 9.59 Å². The van der Waals surface area contributed by atoms with E-state index in [1.54, 1.807) is 0 Å². The van der Waals surface area contributed by atoms with Gasteiger partial charge >= 0.3 is 5.97 Å². The maximum atomic E-state index is 11.7. The summed E-state index contributed by atoms with van der Waals surface area (Å²) in [5.41, 5.74) is 5.41. The Morgan fingerprint density at radius 3 is 2.41 bits per heavy atom. The average molecular weight is 242 g/mol. The smallest absolute Gasteiger partial charge is 0.306 e. The Balaban J connectivity index is 2.30. The van der Waals surface area contributed by atoms with Gasteiger partial charge in [0.05, 0.1) is 5.92 Å². The number of hydrogen-bond acceptors (Lipinski definition) is 3. The molecule has 1 aliphatic carbocycles. The third-order valence-corrected chi connectivity index (χ3v) is 3.47. The molecule has 1 saturated carbocycles. The van der Waals surface area contributed by atoms with E-state index in [4.69, 9.17) is 10.8 Å². The average Bonchev–Trinajstić information content (AvgIpc) is 2.30. The van der Waals surface area contributed by atoms with Crippen LogP contribution in [0.2, 0.25) is 0 Å². The van der Waals surface area contributed by atoms with Crippen molar-refractivity contribution in [2.75, 3.05) is 6.54 Å². The lowest BCUT2D eigenvalue weighted by Crippen LogP contribution is -2.41. The largest absolute Gasteiger partial charge is 0.481 e. The maximum absolute atomic E-state index is 11.7. The summed E-state index contributed by atoms with van der Waals surface area (Å²) in [6.45, 7) is 2.38. The number of carboxylic acids is 1. The van der Waals surface area contributed by atoms with Gasteiger partial charge in [-0.25, -0.2) is 0 Å². The summed E-state index contributed by atoms with van der Waals surface area (Å²) in [5, 5.41) is 11.8. The van der Waals surface area contributed by atoms with Crippen molar-refractivity contribution in [1.29, 1.82) is 0 Å². The predicted molar refractivity (Wildman–Crippen MR) is 64.4 cm³/mol. The number of carbonyl (C=O) groups excluding carboxylic acids is 1. The van der Waals surface area contributed by atoms with Crippen LogP contribution in [0.25, 0.3) is 0 Å². The first-order chi connectivity index (χ1) is 8.04. The molecule has 0 bridgehead atoms. The van der Waals surface area contributed by atoms with Crippen molar-refractivity contribution in [1.82, 2.24) is 5.32 Å². The van der Waals surface area contributed by atoms with E-state index in [0.717, 1.165) is 12.8 Å². The molecule has 0 saturated heterocycles. The molecule has 1 unspecified atom stereocenters. The summed E-state index contributed by atoms with van der Waals surface area (Å²) < 4.78 is 0. The highest BCUT2D eigenvalue weighted by Crippen LogP contribution is 2.24. The molecule has 5 nitrogen and oxygen atoms in total. The lowest BCUT2D eigenvalue weighted by molar-refractivity contribution is -0.142. The molecule has 0 radical (unpaired) electrons. The Kier molecular flexibility index (Phi) is 5.41. The van der Waals surface area contributed by atoms with E-state index in [2.05, 4.69) is 5.32 Å². The van der Waals surface area contributed by atoms with Crippen molar-refractivity contribution in [3.05, 3.63) is 0 Å². The van der Waals surface area contributed by atoms with Crippen molar-refractivity contribution in [3.63, 3.8) is 0 Å². The van der Waals surface area contributed by atoms with Crippen molar-refractivity contribution in [2.45, 2.75) is 45.1 Å². The standard InChI is InChI=1S/C12H22N2O3/c1-8(6-7-13)11(15)14-10-4-2-9(3-5-10)12(16)17/h8-10H,2-7,13H2,1H3,(H,14,15)(H,16,17). The SMILES string of the molecule is CC(CCN)C(=O)NC1CCC(C(=O)O)CC1. The fourth-order valence-corrected chi connectivity index (χ4v) is 2.21. The van der Waals surface area contributed by atoms with E-state index in [1.807, 2.05) is 6.92 Å². The quantitative estimate of drug-likeness (QED) is 0.662. The molecule has 0 spiro atoms. The van der Waals surface area contributed by atoms with Crippen molar-refractivity contribution < 1.29 is 14.7 Å². The van der Waals surface area contributed by atoms with Crippen LogP contribution in [0.15, 0.2) is 0 Å². The molecule has 4 N–H and O–H groups in total. The second-order valence-corrected chi connectivity index (χ2v) is 4.87. The molecule has 0 aliphatic heterocycles. The molecule has 98 valence electrons. The predicted octanol–water partition coefficient (Wildman–Crippen LogP) is 0.731. The topological polar surface area (TPSA) is 92.4 Å². The van der Waals surface area contributed by atoms with Crippen LogP contribution in [0.5, 0.6) is 0 Å². The van der Waals surface area contributed by atoms with Crippen LogP contribution in [0.1, 0.15) is 39.0 Å². The minimum atomic E-state index is -0.716. The van der Waals surface area contributed by atoms with E-state index in [0.29, 0.717) is 25.8 Å². The molecule has 5 heteroatoms. The Hall–Kier alpha value is -1.10. The van der Waals surface area contributed by atoms with Gasteiger partial charge in [0.25, 0.3) is 0 Å². The molecule has 0 aromatic rings. The van der Waals surface area contributed by atoms with E-state index in [-0.39, 0.29) is 23.8 Å². The summed E-state index contributed by atoms with van der Waals surface area (Å²) >= 11 is 0. The molecule has 1 aliphatic rings.